The largest absolute Gasteiger partial charge is 0.497 e. The van der Waals surface area contributed by atoms with Crippen LogP contribution in [0.1, 0.15) is 10.4 Å². The van der Waals surface area contributed by atoms with E-state index in [1.165, 1.54) is 47.7 Å². The molecule has 4 rings (SSSR count). The number of hydrogen-bond acceptors (Lipinski definition) is 8. The van der Waals surface area contributed by atoms with E-state index in [1.54, 1.807) is 26.4 Å². The maximum absolute atomic E-state index is 12.6. The van der Waals surface area contributed by atoms with E-state index in [4.69, 9.17) is 21.1 Å². The van der Waals surface area contributed by atoms with E-state index >= 15 is 0 Å². The Balaban J connectivity index is 1.44. The number of ether oxygens (including phenoxy) is 2. The van der Waals surface area contributed by atoms with E-state index in [9.17, 15) is 13.2 Å². The van der Waals surface area contributed by atoms with E-state index in [0.29, 0.717) is 37.9 Å². The van der Waals surface area contributed by atoms with Crippen LogP contribution in [-0.2, 0) is 10.0 Å². The number of anilines is 2. The summed E-state index contributed by atoms with van der Waals surface area (Å²) >= 11 is 8.06. The number of methoxy groups -OCH3 is 2. The van der Waals surface area contributed by atoms with Crippen molar-refractivity contribution in [2.24, 2.45) is 0 Å². The van der Waals surface area contributed by atoms with Crippen molar-refractivity contribution in [2.45, 2.75) is 4.21 Å². The first-order valence-electron chi connectivity index (χ1n) is 9.66. The fourth-order valence-corrected chi connectivity index (χ4v) is 6.22. The van der Waals surface area contributed by atoms with Crippen LogP contribution in [0.5, 0.6) is 11.5 Å². The molecule has 0 aliphatic rings. The number of halogens is 1. The van der Waals surface area contributed by atoms with Crippen LogP contribution in [0, 0.1) is 0 Å². The summed E-state index contributed by atoms with van der Waals surface area (Å²) in [6.07, 6.45) is 0. The Hall–Kier alpha value is -3.12. The van der Waals surface area contributed by atoms with Gasteiger partial charge in [0.15, 0.2) is 5.13 Å². The lowest BCUT2D eigenvalue weighted by Gasteiger charge is -2.08. The summed E-state index contributed by atoms with van der Waals surface area (Å²) in [5, 5.41) is 4.98. The average Bonchev–Trinajstić information content (AvgIpc) is 3.48. The van der Waals surface area contributed by atoms with Gasteiger partial charge in [-0.3, -0.25) is 14.8 Å². The quantitative estimate of drug-likeness (QED) is 0.304. The second-order valence-electron chi connectivity index (χ2n) is 6.80. The zero-order chi connectivity index (χ0) is 24.3. The average molecular weight is 536 g/mol. The topological polar surface area (TPSA) is 107 Å². The monoisotopic (exact) mass is 535 g/mol. The molecule has 176 valence electrons. The van der Waals surface area contributed by atoms with Crippen LogP contribution in [-0.4, -0.2) is 33.5 Å². The molecule has 0 radical (unpaired) electrons. The minimum atomic E-state index is -3.75. The van der Waals surface area contributed by atoms with E-state index < -0.39 is 10.0 Å². The molecule has 0 fully saturated rings. The first-order valence-corrected chi connectivity index (χ1v) is 13.2. The molecule has 0 aliphatic heterocycles. The van der Waals surface area contributed by atoms with Gasteiger partial charge < -0.3 is 9.47 Å². The van der Waals surface area contributed by atoms with Crippen molar-refractivity contribution in [3.05, 3.63) is 69.9 Å². The Morgan fingerprint density at radius 3 is 2.44 bits per heavy atom. The van der Waals surface area contributed by atoms with Gasteiger partial charge in [-0.15, -0.1) is 22.7 Å². The molecule has 2 N–H and O–H groups in total. The van der Waals surface area contributed by atoms with Crippen molar-refractivity contribution in [3.63, 3.8) is 0 Å². The molecule has 0 aliphatic carbocycles. The van der Waals surface area contributed by atoms with Crippen LogP contribution in [0.3, 0.4) is 0 Å². The number of benzene rings is 2. The lowest BCUT2D eigenvalue weighted by molar-refractivity contribution is 0.102. The fourth-order valence-electron chi connectivity index (χ4n) is 2.97. The number of hydrogen-bond donors (Lipinski definition) is 2. The van der Waals surface area contributed by atoms with Gasteiger partial charge in [-0.1, -0.05) is 11.6 Å². The maximum Gasteiger partial charge on any atom is 0.271 e. The van der Waals surface area contributed by atoms with E-state index in [1.807, 2.05) is 11.4 Å². The minimum absolute atomic E-state index is 0.104. The van der Waals surface area contributed by atoms with Gasteiger partial charge in [0.1, 0.15) is 15.7 Å². The van der Waals surface area contributed by atoms with Crippen LogP contribution in [0.15, 0.2) is 64.2 Å². The highest BCUT2D eigenvalue weighted by molar-refractivity contribution is 7.94. The van der Waals surface area contributed by atoms with Crippen molar-refractivity contribution in [1.82, 2.24) is 4.98 Å². The number of carbonyl (C=O) groups excluding carboxylic acids is 1. The molecule has 1 amide bonds. The SMILES string of the molecule is COc1ccc(-c2csc(NC(=O)c3ccc(NS(=O)(=O)c4ccc(Cl)s4)cc3)n2)c(OC)c1. The summed E-state index contributed by atoms with van der Waals surface area (Å²) in [5.41, 5.74) is 2.09. The van der Waals surface area contributed by atoms with Gasteiger partial charge in [-0.2, -0.15) is 0 Å². The van der Waals surface area contributed by atoms with Gasteiger partial charge >= 0.3 is 0 Å². The Bertz CT molecular complexity index is 1430. The van der Waals surface area contributed by atoms with Gasteiger partial charge in [-0.05, 0) is 48.5 Å². The number of thiophene rings is 1. The predicted octanol–water partition coefficient (Wildman–Crippen LogP) is 5.60. The highest BCUT2D eigenvalue weighted by atomic mass is 35.5. The maximum atomic E-state index is 12.6. The molecule has 0 atom stereocenters. The van der Waals surface area contributed by atoms with Crippen molar-refractivity contribution in [3.8, 4) is 22.8 Å². The smallest absolute Gasteiger partial charge is 0.271 e. The summed E-state index contributed by atoms with van der Waals surface area (Å²) in [6, 6.07) is 14.4. The molecule has 4 aromatic rings. The molecule has 2 heterocycles. The van der Waals surface area contributed by atoms with Gasteiger partial charge in [0.2, 0.25) is 0 Å². The first kappa shape index (κ1) is 24.0. The highest BCUT2D eigenvalue weighted by Gasteiger charge is 2.18. The zero-order valence-corrected chi connectivity index (χ0v) is 21.1. The molecule has 0 saturated carbocycles. The molecule has 2 aromatic carbocycles. The summed E-state index contributed by atoms with van der Waals surface area (Å²) in [6.45, 7) is 0. The van der Waals surface area contributed by atoms with Crippen LogP contribution in [0.25, 0.3) is 11.3 Å². The number of carbonyl (C=O) groups is 1. The molecule has 0 bridgehead atoms. The molecular formula is C22H18ClN3O5S3. The molecule has 8 nitrogen and oxygen atoms in total. The predicted molar refractivity (Wildman–Crippen MR) is 135 cm³/mol. The van der Waals surface area contributed by atoms with Crippen molar-refractivity contribution in [2.75, 3.05) is 24.3 Å². The molecule has 0 spiro atoms. The zero-order valence-electron chi connectivity index (χ0n) is 17.9. The summed E-state index contributed by atoms with van der Waals surface area (Å²) < 4.78 is 38.4. The highest BCUT2D eigenvalue weighted by Crippen LogP contribution is 2.35. The lowest BCUT2D eigenvalue weighted by atomic mass is 10.1. The lowest BCUT2D eigenvalue weighted by Crippen LogP contribution is -2.13. The van der Waals surface area contributed by atoms with Crippen LogP contribution >= 0.6 is 34.3 Å². The fraction of sp³-hybridized carbons (Fsp3) is 0.0909. The Morgan fingerprint density at radius 2 is 1.79 bits per heavy atom. The Kier molecular flexibility index (Phi) is 7.08. The standard InChI is InChI=1S/C22H18ClN3O5S3/c1-30-15-7-8-16(18(11-15)31-2)17-12-32-22(24-17)25-21(27)13-3-5-14(6-4-13)26-34(28,29)20-10-9-19(23)33-20/h3-12,26H,1-2H3,(H,24,25,27). The van der Waals surface area contributed by atoms with E-state index in [0.717, 1.165) is 16.9 Å². The number of amides is 1. The second-order valence-corrected chi connectivity index (χ2v) is 11.3. The molecule has 0 saturated heterocycles. The number of aromatic nitrogens is 1. The van der Waals surface area contributed by atoms with E-state index in [2.05, 4.69) is 15.0 Å². The minimum Gasteiger partial charge on any atom is -0.497 e. The van der Waals surface area contributed by atoms with Crippen LogP contribution in [0.2, 0.25) is 4.34 Å². The summed E-state index contributed by atoms with van der Waals surface area (Å²) in [7, 11) is -0.613. The third-order valence-corrected chi connectivity index (χ3v) is 8.48. The van der Waals surface area contributed by atoms with Gasteiger partial charge in [-0.25, -0.2) is 13.4 Å². The number of thiazole rings is 1. The van der Waals surface area contributed by atoms with Crippen molar-refractivity contribution < 1.29 is 22.7 Å². The number of rotatable bonds is 8. The van der Waals surface area contributed by atoms with E-state index in [-0.39, 0.29) is 10.1 Å². The molecule has 34 heavy (non-hydrogen) atoms. The van der Waals surface area contributed by atoms with Gasteiger partial charge in [0, 0.05) is 28.3 Å². The summed E-state index contributed by atoms with van der Waals surface area (Å²) in [4.78, 5) is 17.1. The third kappa shape index (κ3) is 5.33. The Labute approximate surface area is 209 Å². The summed E-state index contributed by atoms with van der Waals surface area (Å²) in [5.74, 6) is 0.890. The van der Waals surface area contributed by atoms with Crippen LogP contribution in [0.4, 0.5) is 10.8 Å². The molecular weight excluding hydrogens is 518 g/mol. The number of sulfonamides is 1. The van der Waals surface area contributed by atoms with Crippen LogP contribution < -0.4 is 19.5 Å². The first-order chi connectivity index (χ1) is 16.3. The Morgan fingerprint density at radius 1 is 1.03 bits per heavy atom. The molecule has 0 unspecified atom stereocenters. The molecule has 12 heteroatoms. The number of nitrogens with one attached hydrogen (secondary N) is 2. The van der Waals surface area contributed by atoms with Gasteiger partial charge in [0.25, 0.3) is 15.9 Å². The third-order valence-electron chi connectivity index (χ3n) is 4.62. The number of nitrogens with zero attached hydrogens (tertiary/aromatic N) is 1. The second kappa shape index (κ2) is 10.0. The van der Waals surface area contributed by atoms with Gasteiger partial charge in [0.05, 0.1) is 24.2 Å². The molecule has 2 aromatic heterocycles. The van der Waals surface area contributed by atoms with Crippen molar-refractivity contribution in [1.29, 1.82) is 0 Å². The normalized spacial score (nSPS) is 11.1. The van der Waals surface area contributed by atoms with Crippen molar-refractivity contribution >= 4 is 61.0 Å².